The minimum absolute atomic E-state index is 0.0311. The van der Waals surface area contributed by atoms with E-state index < -0.39 is 23.8 Å². The van der Waals surface area contributed by atoms with E-state index in [9.17, 15) is 14.0 Å². The number of methoxy groups -OCH3 is 1. The van der Waals surface area contributed by atoms with Crippen LogP contribution in [0.15, 0.2) is 24.3 Å². The van der Waals surface area contributed by atoms with Gasteiger partial charge in [0.25, 0.3) is 5.91 Å². The smallest absolute Gasteiger partial charge is 0.254 e. The lowest BCUT2D eigenvalue weighted by molar-refractivity contribution is -0.124. The van der Waals surface area contributed by atoms with Crippen LogP contribution in [-0.4, -0.2) is 49.7 Å². The zero-order chi connectivity index (χ0) is 18.5. The third-order valence-corrected chi connectivity index (χ3v) is 5.05. The molecule has 2 fully saturated rings. The first kappa shape index (κ1) is 18.8. The quantitative estimate of drug-likeness (QED) is 0.610. The molecule has 0 bridgehead atoms. The number of amides is 2. The second-order valence-corrected chi connectivity index (χ2v) is 6.78. The van der Waals surface area contributed by atoms with E-state index in [-0.39, 0.29) is 23.6 Å². The van der Waals surface area contributed by atoms with Crippen molar-refractivity contribution in [2.75, 3.05) is 13.7 Å². The van der Waals surface area contributed by atoms with Gasteiger partial charge in [-0.15, -0.1) is 0 Å². The van der Waals surface area contributed by atoms with E-state index in [2.05, 4.69) is 21.5 Å². The third-order valence-electron chi connectivity index (χ3n) is 5.05. The van der Waals surface area contributed by atoms with Crippen molar-refractivity contribution >= 4 is 11.8 Å². The van der Waals surface area contributed by atoms with Crippen molar-refractivity contribution < 1.29 is 18.7 Å². The number of benzene rings is 1. The standard InChI is InChI=1S/C18H25FN4O3/c1-26-12-8-6-11(7-9-12)21-18(25)16-15(10-20-23-16)22-17(24)13-4-2-3-5-14(13)19/h2-5,11-12,15-16,20,23H,6-10H2,1H3,(H,21,25)(H,22,24). The number of hydrogen-bond acceptors (Lipinski definition) is 5. The van der Waals surface area contributed by atoms with Gasteiger partial charge in [-0.05, 0) is 37.8 Å². The van der Waals surface area contributed by atoms with Crippen LogP contribution in [0.5, 0.6) is 0 Å². The van der Waals surface area contributed by atoms with Gasteiger partial charge in [0.2, 0.25) is 5.91 Å². The van der Waals surface area contributed by atoms with Crippen molar-refractivity contribution in [3.63, 3.8) is 0 Å². The Labute approximate surface area is 152 Å². The summed E-state index contributed by atoms with van der Waals surface area (Å²) in [4.78, 5) is 24.9. The summed E-state index contributed by atoms with van der Waals surface area (Å²) < 4.78 is 19.1. The SMILES string of the molecule is COC1CCC(NC(=O)C2NNCC2NC(=O)c2ccccc2F)CC1. The number of hydrogen-bond donors (Lipinski definition) is 4. The molecule has 8 heteroatoms. The highest BCUT2D eigenvalue weighted by molar-refractivity contribution is 5.95. The van der Waals surface area contributed by atoms with Gasteiger partial charge in [0.05, 0.1) is 17.7 Å². The molecule has 2 amide bonds. The zero-order valence-electron chi connectivity index (χ0n) is 14.8. The molecule has 142 valence electrons. The maximum Gasteiger partial charge on any atom is 0.254 e. The normalized spacial score (nSPS) is 28.5. The Morgan fingerprint density at radius 3 is 2.58 bits per heavy atom. The fourth-order valence-corrected chi connectivity index (χ4v) is 3.51. The van der Waals surface area contributed by atoms with Crippen molar-refractivity contribution in [2.24, 2.45) is 0 Å². The molecular weight excluding hydrogens is 339 g/mol. The maximum atomic E-state index is 13.8. The number of hydrazine groups is 1. The van der Waals surface area contributed by atoms with E-state index in [0.29, 0.717) is 6.54 Å². The third kappa shape index (κ3) is 4.38. The first-order valence-corrected chi connectivity index (χ1v) is 8.95. The van der Waals surface area contributed by atoms with Gasteiger partial charge < -0.3 is 15.4 Å². The lowest BCUT2D eigenvalue weighted by Crippen LogP contribution is -2.55. The van der Waals surface area contributed by atoms with Crippen LogP contribution in [0.1, 0.15) is 36.0 Å². The number of halogens is 1. The predicted octanol–water partition coefficient (Wildman–Crippen LogP) is 0.474. The van der Waals surface area contributed by atoms with Gasteiger partial charge >= 0.3 is 0 Å². The van der Waals surface area contributed by atoms with Gasteiger partial charge in [-0.2, -0.15) is 0 Å². The average Bonchev–Trinajstić information content (AvgIpc) is 3.11. The van der Waals surface area contributed by atoms with Crippen LogP contribution in [0.2, 0.25) is 0 Å². The van der Waals surface area contributed by atoms with E-state index in [1.165, 1.54) is 18.2 Å². The number of rotatable bonds is 5. The zero-order valence-corrected chi connectivity index (χ0v) is 14.8. The average molecular weight is 364 g/mol. The minimum atomic E-state index is -0.606. The number of nitrogens with one attached hydrogen (secondary N) is 4. The lowest BCUT2D eigenvalue weighted by atomic mass is 9.92. The molecule has 1 heterocycles. The first-order chi connectivity index (χ1) is 12.6. The van der Waals surface area contributed by atoms with Crippen LogP contribution in [-0.2, 0) is 9.53 Å². The molecule has 2 atom stereocenters. The van der Waals surface area contributed by atoms with Gasteiger partial charge in [0.1, 0.15) is 11.9 Å². The van der Waals surface area contributed by atoms with E-state index in [1.54, 1.807) is 13.2 Å². The summed E-state index contributed by atoms with van der Waals surface area (Å²) >= 11 is 0. The first-order valence-electron chi connectivity index (χ1n) is 8.95. The molecule has 1 aromatic carbocycles. The highest BCUT2D eigenvalue weighted by Gasteiger charge is 2.35. The van der Waals surface area contributed by atoms with Crippen LogP contribution in [0.3, 0.4) is 0 Å². The summed E-state index contributed by atoms with van der Waals surface area (Å²) in [6, 6.07) is 4.83. The summed E-state index contributed by atoms with van der Waals surface area (Å²) in [7, 11) is 1.71. The van der Waals surface area contributed by atoms with Crippen molar-refractivity contribution in [3.05, 3.63) is 35.6 Å². The Bertz CT molecular complexity index is 649. The fraction of sp³-hybridized carbons (Fsp3) is 0.556. The minimum Gasteiger partial charge on any atom is -0.381 e. The molecule has 2 unspecified atom stereocenters. The van der Waals surface area contributed by atoms with Crippen molar-refractivity contribution in [1.29, 1.82) is 0 Å². The van der Waals surface area contributed by atoms with Crippen LogP contribution in [0, 0.1) is 5.82 Å². The molecule has 1 aliphatic heterocycles. The van der Waals surface area contributed by atoms with Crippen LogP contribution in [0.25, 0.3) is 0 Å². The summed E-state index contributed by atoms with van der Waals surface area (Å²) in [5, 5.41) is 5.77. The molecule has 3 rings (SSSR count). The molecule has 1 saturated heterocycles. The topological polar surface area (TPSA) is 91.5 Å². The molecule has 26 heavy (non-hydrogen) atoms. The molecule has 4 N–H and O–H groups in total. The Kier molecular flexibility index (Phi) is 6.18. The molecule has 1 saturated carbocycles. The number of ether oxygens (including phenoxy) is 1. The summed E-state index contributed by atoms with van der Waals surface area (Å²) in [6.45, 7) is 0.384. The molecule has 0 spiro atoms. The highest BCUT2D eigenvalue weighted by atomic mass is 19.1. The Morgan fingerprint density at radius 2 is 1.88 bits per heavy atom. The van der Waals surface area contributed by atoms with Crippen molar-refractivity contribution in [2.45, 2.75) is 49.9 Å². The number of carbonyl (C=O) groups is 2. The Balaban J connectivity index is 1.55. The van der Waals surface area contributed by atoms with E-state index in [4.69, 9.17) is 4.74 Å². The highest BCUT2D eigenvalue weighted by Crippen LogP contribution is 2.20. The Morgan fingerprint density at radius 1 is 1.15 bits per heavy atom. The van der Waals surface area contributed by atoms with E-state index in [1.807, 2.05) is 0 Å². The second kappa shape index (κ2) is 8.57. The largest absolute Gasteiger partial charge is 0.381 e. The molecular formula is C18H25FN4O3. The monoisotopic (exact) mass is 364 g/mol. The van der Waals surface area contributed by atoms with Crippen molar-refractivity contribution in [1.82, 2.24) is 21.5 Å². The molecule has 7 nitrogen and oxygen atoms in total. The summed E-state index contributed by atoms with van der Waals surface area (Å²) in [5.41, 5.74) is 5.75. The molecule has 2 aliphatic rings. The van der Waals surface area contributed by atoms with Gasteiger partial charge in [0.15, 0.2) is 0 Å². The summed E-state index contributed by atoms with van der Waals surface area (Å²) in [6.07, 6.45) is 3.85. The van der Waals surface area contributed by atoms with E-state index >= 15 is 0 Å². The van der Waals surface area contributed by atoms with Gasteiger partial charge in [0, 0.05) is 19.7 Å². The van der Waals surface area contributed by atoms with Gasteiger partial charge in [-0.25, -0.2) is 9.82 Å². The Hall–Kier alpha value is -2.03. The van der Waals surface area contributed by atoms with Crippen LogP contribution < -0.4 is 21.5 Å². The van der Waals surface area contributed by atoms with Gasteiger partial charge in [-0.3, -0.25) is 15.0 Å². The predicted molar refractivity (Wildman–Crippen MR) is 93.8 cm³/mol. The fourth-order valence-electron chi connectivity index (χ4n) is 3.51. The van der Waals surface area contributed by atoms with Gasteiger partial charge in [-0.1, -0.05) is 12.1 Å². The lowest BCUT2D eigenvalue weighted by Gasteiger charge is -2.29. The molecule has 1 aliphatic carbocycles. The number of carbonyl (C=O) groups excluding carboxylic acids is 2. The molecule has 0 radical (unpaired) electrons. The van der Waals surface area contributed by atoms with Crippen molar-refractivity contribution in [3.8, 4) is 0 Å². The summed E-state index contributed by atoms with van der Waals surface area (Å²) in [5.74, 6) is -1.29. The maximum absolute atomic E-state index is 13.8. The molecule has 1 aromatic rings. The van der Waals surface area contributed by atoms with Crippen LogP contribution in [0.4, 0.5) is 4.39 Å². The van der Waals surface area contributed by atoms with E-state index in [0.717, 1.165) is 25.7 Å². The molecule has 0 aromatic heterocycles. The second-order valence-electron chi connectivity index (χ2n) is 6.78. The van der Waals surface area contributed by atoms with Crippen LogP contribution >= 0.6 is 0 Å².